The van der Waals surface area contributed by atoms with E-state index in [4.69, 9.17) is 9.26 Å². The number of nitro benzene ring substituents is 1. The number of hydrogen-bond donors (Lipinski definition) is 2. The van der Waals surface area contributed by atoms with E-state index in [-0.39, 0.29) is 17.1 Å². The van der Waals surface area contributed by atoms with Crippen LogP contribution < -0.4 is 4.74 Å². The van der Waals surface area contributed by atoms with Crippen molar-refractivity contribution in [2.24, 2.45) is 0 Å². The number of aromatic nitrogens is 2. The molecule has 0 unspecified atom stereocenters. The van der Waals surface area contributed by atoms with E-state index < -0.39 is 45.2 Å². The normalized spacial score (nSPS) is 10.7. The molecule has 0 atom stereocenters. The highest BCUT2D eigenvalue weighted by atomic mass is 19.1. The monoisotopic (exact) mass is 365 g/mol. The van der Waals surface area contributed by atoms with Gasteiger partial charge in [0.1, 0.15) is 0 Å². The SMILES string of the molecule is COc1cc(-c2nc(-c3ccc(F)c(O)c3)no2)c(F)c([N+](=O)[O-])c1O. The summed E-state index contributed by atoms with van der Waals surface area (Å²) < 4.78 is 37.2. The molecule has 134 valence electrons. The molecule has 9 nitrogen and oxygen atoms in total. The van der Waals surface area contributed by atoms with E-state index >= 15 is 0 Å². The third kappa shape index (κ3) is 2.75. The fourth-order valence-corrected chi connectivity index (χ4v) is 2.19. The number of nitro groups is 1. The van der Waals surface area contributed by atoms with Crippen molar-refractivity contribution in [3.8, 4) is 40.1 Å². The van der Waals surface area contributed by atoms with E-state index in [0.717, 1.165) is 25.3 Å². The smallest absolute Gasteiger partial charge is 0.350 e. The van der Waals surface area contributed by atoms with Gasteiger partial charge in [-0.25, -0.2) is 4.39 Å². The lowest BCUT2D eigenvalue weighted by atomic mass is 10.1. The maximum Gasteiger partial charge on any atom is 0.350 e. The summed E-state index contributed by atoms with van der Waals surface area (Å²) in [5, 5.41) is 33.7. The summed E-state index contributed by atoms with van der Waals surface area (Å²) in [4.78, 5) is 13.8. The fraction of sp³-hybridized carbons (Fsp3) is 0.0667. The standard InChI is InChI=1S/C15H9F2N3O6/c1-25-10-5-7(11(17)12(13(10)22)20(23)24)15-18-14(19-26-15)6-2-3-8(16)9(21)4-6/h2-5,21-22H,1H3. The van der Waals surface area contributed by atoms with Gasteiger partial charge in [0.05, 0.1) is 17.6 Å². The summed E-state index contributed by atoms with van der Waals surface area (Å²) in [5.41, 5.74) is -1.52. The van der Waals surface area contributed by atoms with Gasteiger partial charge in [-0.3, -0.25) is 10.1 Å². The van der Waals surface area contributed by atoms with Crippen LogP contribution in [-0.4, -0.2) is 32.4 Å². The lowest BCUT2D eigenvalue weighted by Crippen LogP contribution is -1.98. The number of phenolic OH excluding ortho intramolecular Hbond substituents is 2. The molecule has 2 N–H and O–H groups in total. The lowest BCUT2D eigenvalue weighted by molar-refractivity contribution is -0.388. The van der Waals surface area contributed by atoms with Gasteiger partial charge >= 0.3 is 5.69 Å². The Morgan fingerprint density at radius 1 is 1.27 bits per heavy atom. The second-order valence-electron chi connectivity index (χ2n) is 4.98. The van der Waals surface area contributed by atoms with E-state index in [1.807, 2.05) is 0 Å². The first-order chi connectivity index (χ1) is 12.3. The number of methoxy groups -OCH3 is 1. The zero-order valence-electron chi connectivity index (χ0n) is 12.9. The minimum atomic E-state index is -1.40. The Hall–Kier alpha value is -3.76. The van der Waals surface area contributed by atoms with Gasteiger partial charge in [-0.1, -0.05) is 5.16 Å². The number of aromatic hydroxyl groups is 2. The Bertz CT molecular complexity index is 1020. The Balaban J connectivity index is 2.13. The number of rotatable bonds is 4. The largest absolute Gasteiger partial charge is 0.505 e. The van der Waals surface area contributed by atoms with Crippen molar-refractivity contribution >= 4 is 5.69 Å². The molecular weight excluding hydrogens is 356 g/mol. The number of hydrogen-bond acceptors (Lipinski definition) is 8. The van der Waals surface area contributed by atoms with Crippen LogP contribution >= 0.6 is 0 Å². The molecule has 0 bridgehead atoms. The molecule has 0 saturated carbocycles. The molecule has 11 heteroatoms. The van der Waals surface area contributed by atoms with Crippen molar-refractivity contribution in [2.75, 3.05) is 7.11 Å². The second-order valence-corrected chi connectivity index (χ2v) is 4.98. The highest BCUT2D eigenvalue weighted by molar-refractivity contribution is 5.70. The number of halogens is 2. The predicted octanol–water partition coefficient (Wildman–Crippen LogP) is 3.01. The van der Waals surface area contributed by atoms with Gasteiger partial charge in [0.25, 0.3) is 5.89 Å². The van der Waals surface area contributed by atoms with Gasteiger partial charge in [0, 0.05) is 11.6 Å². The summed E-state index contributed by atoms with van der Waals surface area (Å²) in [5.74, 6) is -4.82. The van der Waals surface area contributed by atoms with Crippen LogP contribution in [0.1, 0.15) is 0 Å². The summed E-state index contributed by atoms with van der Waals surface area (Å²) in [7, 11) is 1.13. The summed E-state index contributed by atoms with van der Waals surface area (Å²) in [6, 6.07) is 4.20. The van der Waals surface area contributed by atoms with E-state index in [9.17, 15) is 29.1 Å². The molecule has 26 heavy (non-hydrogen) atoms. The molecule has 3 aromatic rings. The number of phenols is 2. The van der Waals surface area contributed by atoms with Gasteiger partial charge in [-0.2, -0.15) is 9.37 Å². The first-order valence-electron chi connectivity index (χ1n) is 6.90. The van der Waals surface area contributed by atoms with Crippen molar-refractivity contribution < 1.29 is 33.2 Å². The quantitative estimate of drug-likeness (QED) is 0.533. The van der Waals surface area contributed by atoms with E-state index in [1.165, 1.54) is 6.07 Å². The Morgan fingerprint density at radius 2 is 2.00 bits per heavy atom. The zero-order chi connectivity index (χ0) is 19.0. The summed E-state index contributed by atoms with van der Waals surface area (Å²) in [6.07, 6.45) is 0. The first kappa shape index (κ1) is 17.1. The van der Waals surface area contributed by atoms with Crippen molar-refractivity contribution in [1.82, 2.24) is 10.1 Å². The average molecular weight is 365 g/mol. The van der Waals surface area contributed by atoms with Gasteiger partial charge in [-0.15, -0.1) is 0 Å². The van der Waals surface area contributed by atoms with Crippen LogP contribution in [0.2, 0.25) is 0 Å². The average Bonchev–Trinajstić information content (AvgIpc) is 3.07. The van der Waals surface area contributed by atoms with Crippen LogP contribution in [-0.2, 0) is 0 Å². The maximum atomic E-state index is 14.4. The highest BCUT2D eigenvalue weighted by Crippen LogP contribution is 2.43. The van der Waals surface area contributed by atoms with Crippen LogP contribution in [0.25, 0.3) is 22.8 Å². The van der Waals surface area contributed by atoms with E-state index in [1.54, 1.807) is 0 Å². The fourth-order valence-electron chi connectivity index (χ4n) is 2.19. The molecule has 3 rings (SSSR count). The summed E-state index contributed by atoms with van der Waals surface area (Å²) in [6.45, 7) is 0. The van der Waals surface area contributed by atoms with Crippen molar-refractivity contribution in [3.05, 3.63) is 46.0 Å². The van der Waals surface area contributed by atoms with Crippen molar-refractivity contribution in [2.45, 2.75) is 0 Å². The van der Waals surface area contributed by atoms with Crippen LogP contribution in [0.5, 0.6) is 17.2 Å². The lowest BCUT2D eigenvalue weighted by Gasteiger charge is -2.06. The molecule has 1 aromatic heterocycles. The minimum absolute atomic E-state index is 0.121. The van der Waals surface area contributed by atoms with E-state index in [0.29, 0.717) is 0 Å². The van der Waals surface area contributed by atoms with Crippen LogP contribution in [0.4, 0.5) is 14.5 Å². The summed E-state index contributed by atoms with van der Waals surface area (Å²) >= 11 is 0. The van der Waals surface area contributed by atoms with Crippen LogP contribution in [0.15, 0.2) is 28.8 Å². The molecule has 0 aliphatic rings. The molecule has 0 spiro atoms. The van der Waals surface area contributed by atoms with Crippen LogP contribution in [0.3, 0.4) is 0 Å². The number of benzene rings is 2. The number of nitrogens with zero attached hydrogens (tertiary/aromatic N) is 3. The molecule has 2 aromatic carbocycles. The topological polar surface area (TPSA) is 132 Å². The second kappa shape index (κ2) is 6.27. The Morgan fingerprint density at radius 3 is 2.62 bits per heavy atom. The van der Waals surface area contributed by atoms with Crippen molar-refractivity contribution in [1.29, 1.82) is 0 Å². The maximum absolute atomic E-state index is 14.4. The molecule has 0 aliphatic heterocycles. The highest BCUT2D eigenvalue weighted by Gasteiger charge is 2.30. The van der Waals surface area contributed by atoms with E-state index in [2.05, 4.69) is 10.1 Å². The first-order valence-corrected chi connectivity index (χ1v) is 6.90. The molecule has 1 heterocycles. The molecule has 0 aliphatic carbocycles. The van der Waals surface area contributed by atoms with Gasteiger partial charge in [0.2, 0.25) is 17.4 Å². The molecule has 0 saturated heterocycles. The number of ether oxygens (including phenoxy) is 1. The Labute approximate surface area is 143 Å². The molecule has 0 fully saturated rings. The third-order valence-corrected chi connectivity index (χ3v) is 3.44. The third-order valence-electron chi connectivity index (χ3n) is 3.44. The zero-order valence-corrected chi connectivity index (χ0v) is 12.9. The predicted molar refractivity (Wildman–Crippen MR) is 81.6 cm³/mol. The minimum Gasteiger partial charge on any atom is -0.505 e. The van der Waals surface area contributed by atoms with Crippen LogP contribution in [0, 0.1) is 21.7 Å². The molecule has 0 amide bonds. The van der Waals surface area contributed by atoms with Gasteiger partial charge < -0.3 is 19.5 Å². The van der Waals surface area contributed by atoms with Crippen molar-refractivity contribution in [3.63, 3.8) is 0 Å². The Kier molecular flexibility index (Phi) is 4.12. The van der Waals surface area contributed by atoms with Gasteiger partial charge in [-0.05, 0) is 18.2 Å². The molecule has 0 radical (unpaired) electrons. The van der Waals surface area contributed by atoms with Gasteiger partial charge in [0.15, 0.2) is 17.3 Å². The molecular formula is C15H9F2N3O6.